The maximum absolute atomic E-state index is 13.5. The number of carbonyl (C=O) groups excluding carboxylic acids is 3. The lowest BCUT2D eigenvalue weighted by Crippen LogP contribution is -2.40. The highest BCUT2D eigenvalue weighted by molar-refractivity contribution is 6.07. The van der Waals surface area contributed by atoms with Crippen LogP contribution in [0.1, 0.15) is 45.0 Å². The Labute approximate surface area is 196 Å². The third-order valence-corrected chi connectivity index (χ3v) is 6.48. The number of hydrogen-bond donors (Lipinski definition) is 2. The summed E-state index contributed by atoms with van der Waals surface area (Å²) >= 11 is 0. The number of anilines is 2. The molecule has 2 aromatic carbocycles. The van der Waals surface area contributed by atoms with Crippen molar-refractivity contribution in [1.29, 1.82) is 0 Å². The molecule has 1 aromatic heterocycles. The highest BCUT2D eigenvalue weighted by Gasteiger charge is 2.39. The first-order chi connectivity index (χ1) is 16.5. The van der Waals surface area contributed by atoms with Crippen LogP contribution in [-0.4, -0.2) is 40.7 Å². The van der Waals surface area contributed by atoms with Crippen LogP contribution in [0, 0.1) is 11.7 Å². The van der Waals surface area contributed by atoms with Crippen LogP contribution in [0.15, 0.2) is 67.0 Å². The molecule has 1 saturated heterocycles. The van der Waals surface area contributed by atoms with Crippen molar-refractivity contribution in [3.8, 4) is 0 Å². The van der Waals surface area contributed by atoms with Crippen molar-refractivity contribution < 1.29 is 18.8 Å². The van der Waals surface area contributed by atoms with Crippen LogP contribution in [0.2, 0.25) is 0 Å². The van der Waals surface area contributed by atoms with Crippen LogP contribution in [-0.2, 0) is 4.79 Å². The lowest BCUT2D eigenvalue weighted by atomic mass is 9.80. The Bertz CT molecular complexity index is 1260. The van der Waals surface area contributed by atoms with Crippen molar-refractivity contribution in [3.63, 3.8) is 0 Å². The van der Waals surface area contributed by atoms with Crippen LogP contribution < -0.4 is 10.6 Å². The zero-order chi connectivity index (χ0) is 23.7. The van der Waals surface area contributed by atoms with Gasteiger partial charge in [-0.25, -0.2) is 4.39 Å². The van der Waals surface area contributed by atoms with Crippen LogP contribution >= 0.6 is 0 Å². The van der Waals surface area contributed by atoms with Gasteiger partial charge in [-0.15, -0.1) is 0 Å². The van der Waals surface area contributed by atoms with Crippen molar-refractivity contribution in [2.24, 2.45) is 5.92 Å². The number of likely N-dealkylation sites (tertiary alicyclic amines) is 1. The molecule has 0 bridgehead atoms. The maximum Gasteiger partial charge on any atom is 0.255 e. The number of amides is 3. The van der Waals surface area contributed by atoms with Crippen LogP contribution in [0.5, 0.6) is 0 Å². The Hall–Kier alpha value is -4.07. The lowest BCUT2D eigenvalue weighted by Gasteiger charge is -2.34. The second-order valence-electron chi connectivity index (χ2n) is 8.60. The zero-order valence-corrected chi connectivity index (χ0v) is 18.3. The van der Waals surface area contributed by atoms with Crippen molar-refractivity contribution in [3.05, 3.63) is 89.5 Å². The monoisotopic (exact) mass is 458 g/mol. The number of rotatable bonds is 4. The molecule has 3 heterocycles. The summed E-state index contributed by atoms with van der Waals surface area (Å²) in [4.78, 5) is 44.0. The second kappa shape index (κ2) is 9.05. The standard InChI is InChI=1S/C26H23FN4O3/c27-19-4-1-3-18(13-19)26(34)31-11-8-16(9-12-31)23-21-14-17(6-7-22(21)30-25(23)33)24(32)29-20-5-2-10-28-15-20/h1-7,10,13-16,23H,8-9,11-12H2,(H,29,32)(H,30,33). The number of pyridine rings is 1. The van der Waals surface area contributed by atoms with Gasteiger partial charge < -0.3 is 15.5 Å². The highest BCUT2D eigenvalue weighted by atomic mass is 19.1. The van der Waals surface area contributed by atoms with Gasteiger partial charge in [0.15, 0.2) is 0 Å². The quantitative estimate of drug-likeness (QED) is 0.617. The fourth-order valence-corrected chi connectivity index (χ4v) is 4.77. The molecular weight excluding hydrogens is 435 g/mol. The Kier molecular flexibility index (Phi) is 5.79. The van der Waals surface area contributed by atoms with E-state index in [1.54, 1.807) is 53.7 Å². The van der Waals surface area contributed by atoms with Gasteiger partial charge in [0.05, 0.1) is 17.8 Å². The summed E-state index contributed by atoms with van der Waals surface area (Å²) in [6.07, 6.45) is 4.48. The topological polar surface area (TPSA) is 91.4 Å². The number of halogens is 1. The number of nitrogens with zero attached hydrogens (tertiary/aromatic N) is 2. The van der Waals surface area contributed by atoms with E-state index in [0.29, 0.717) is 48.4 Å². The van der Waals surface area contributed by atoms with Gasteiger partial charge in [-0.1, -0.05) is 6.07 Å². The Balaban J connectivity index is 1.29. The first-order valence-electron chi connectivity index (χ1n) is 11.2. The number of benzene rings is 2. The fraction of sp³-hybridized carbons (Fsp3) is 0.231. The molecule has 2 N–H and O–H groups in total. The van der Waals surface area contributed by atoms with Gasteiger partial charge in [-0.2, -0.15) is 0 Å². The van der Waals surface area contributed by atoms with Crippen LogP contribution in [0.4, 0.5) is 15.8 Å². The van der Waals surface area contributed by atoms with E-state index in [2.05, 4.69) is 15.6 Å². The van der Waals surface area contributed by atoms with E-state index in [1.165, 1.54) is 18.2 Å². The summed E-state index contributed by atoms with van der Waals surface area (Å²) < 4.78 is 13.5. The summed E-state index contributed by atoms with van der Waals surface area (Å²) in [7, 11) is 0. The molecule has 1 unspecified atom stereocenters. The molecule has 172 valence electrons. The van der Waals surface area contributed by atoms with E-state index in [-0.39, 0.29) is 29.6 Å². The van der Waals surface area contributed by atoms with E-state index in [4.69, 9.17) is 0 Å². The minimum absolute atomic E-state index is 0.0365. The predicted molar refractivity (Wildman–Crippen MR) is 125 cm³/mol. The molecule has 34 heavy (non-hydrogen) atoms. The molecule has 7 nitrogen and oxygen atoms in total. The maximum atomic E-state index is 13.5. The molecule has 0 radical (unpaired) electrons. The highest BCUT2D eigenvalue weighted by Crippen LogP contribution is 2.42. The molecule has 1 atom stereocenters. The van der Waals surface area contributed by atoms with Crippen molar-refractivity contribution >= 4 is 29.1 Å². The van der Waals surface area contributed by atoms with Gasteiger partial charge in [0, 0.05) is 36.1 Å². The average molecular weight is 458 g/mol. The number of aromatic nitrogens is 1. The van der Waals surface area contributed by atoms with Gasteiger partial charge in [-0.3, -0.25) is 19.4 Å². The zero-order valence-electron chi connectivity index (χ0n) is 18.3. The number of hydrogen-bond acceptors (Lipinski definition) is 4. The lowest BCUT2D eigenvalue weighted by molar-refractivity contribution is -0.118. The van der Waals surface area contributed by atoms with E-state index >= 15 is 0 Å². The predicted octanol–water partition coefficient (Wildman–Crippen LogP) is 4.06. The smallest absolute Gasteiger partial charge is 0.255 e. The van der Waals surface area contributed by atoms with Gasteiger partial charge in [0.1, 0.15) is 5.82 Å². The third kappa shape index (κ3) is 4.26. The van der Waals surface area contributed by atoms with E-state index < -0.39 is 5.82 Å². The van der Waals surface area contributed by atoms with Gasteiger partial charge in [0.25, 0.3) is 11.8 Å². The third-order valence-electron chi connectivity index (χ3n) is 6.48. The molecule has 1 fully saturated rings. The minimum Gasteiger partial charge on any atom is -0.339 e. The molecular formula is C26H23FN4O3. The van der Waals surface area contributed by atoms with Crippen molar-refractivity contribution in [2.45, 2.75) is 18.8 Å². The van der Waals surface area contributed by atoms with Crippen molar-refractivity contribution in [1.82, 2.24) is 9.88 Å². The summed E-state index contributed by atoms with van der Waals surface area (Å²) in [5.41, 5.74) is 2.90. The number of nitrogens with one attached hydrogen (secondary N) is 2. The number of carbonyl (C=O) groups is 3. The number of fused-ring (bicyclic) bond motifs is 1. The fourth-order valence-electron chi connectivity index (χ4n) is 4.77. The Morgan fingerprint density at radius 3 is 2.59 bits per heavy atom. The first-order valence-corrected chi connectivity index (χ1v) is 11.2. The SMILES string of the molecule is O=C(Nc1cccnc1)c1ccc2c(c1)C(C1CCN(C(=O)c3cccc(F)c3)CC1)C(=O)N2. The average Bonchev–Trinajstić information content (AvgIpc) is 3.19. The molecule has 3 aromatic rings. The van der Waals surface area contributed by atoms with E-state index in [1.807, 2.05) is 0 Å². The molecule has 8 heteroatoms. The molecule has 0 spiro atoms. The number of piperidine rings is 1. The minimum atomic E-state index is -0.441. The summed E-state index contributed by atoms with van der Waals surface area (Å²) in [5, 5.41) is 5.74. The first kappa shape index (κ1) is 21.8. The second-order valence-corrected chi connectivity index (χ2v) is 8.60. The van der Waals surface area contributed by atoms with Crippen LogP contribution in [0.25, 0.3) is 0 Å². The normalized spacial score (nSPS) is 17.7. The van der Waals surface area contributed by atoms with E-state index in [0.717, 1.165) is 5.56 Å². The molecule has 2 aliphatic heterocycles. The van der Waals surface area contributed by atoms with Gasteiger partial charge >= 0.3 is 0 Å². The Morgan fingerprint density at radius 2 is 1.85 bits per heavy atom. The molecule has 3 amide bonds. The molecule has 0 saturated carbocycles. The van der Waals surface area contributed by atoms with Gasteiger partial charge in [0.2, 0.25) is 5.91 Å². The summed E-state index contributed by atoms with van der Waals surface area (Å²) in [6.45, 7) is 0.973. The van der Waals surface area contributed by atoms with Crippen molar-refractivity contribution in [2.75, 3.05) is 23.7 Å². The molecule has 5 rings (SSSR count). The Morgan fingerprint density at radius 1 is 1.03 bits per heavy atom. The summed E-state index contributed by atoms with van der Waals surface area (Å²) in [6, 6.07) is 14.4. The molecule has 0 aliphatic carbocycles. The van der Waals surface area contributed by atoms with E-state index in [9.17, 15) is 18.8 Å². The van der Waals surface area contributed by atoms with Crippen LogP contribution in [0.3, 0.4) is 0 Å². The summed E-state index contributed by atoms with van der Waals surface area (Å²) in [5.74, 6) is -1.35. The molecule has 2 aliphatic rings. The largest absolute Gasteiger partial charge is 0.339 e. The van der Waals surface area contributed by atoms with Gasteiger partial charge in [-0.05, 0) is 72.9 Å².